The summed E-state index contributed by atoms with van der Waals surface area (Å²) in [4.78, 5) is 10.6. The van der Waals surface area contributed by atoms with Gasteiger partial charge >= 0.3 is 0 Å². The highest BCUT2D eigenvalue weighted by molar-refractivity contribution is 5.80. The Morgan fingerprint density at radius 1 is 1.33 bits per heavy atom. The predicted octanol–water partition coefficient (Wildman–Crippen LogP) is 1.77. The first-order valence-electron chi connectivity index (χ1n) is 3.28. The Morgan fingerprint density at radius 3 is 2.44 bits per heavy atom. The molecule has 0 fully saturated rings. The third kappa shape index (κ3) is 5.10. The second kappa shape index (κ2) is 5.37. The number of hydrogen-bond donors (Lipinski definition) is 0. The molecule has 0 bridgehead atoms. The van der Waals surface area contributed by atoms with Gasteiger partial charge in [0.25, 0.3) is 0 Å². The van der Waals surface area contributed by atoms with Gasteiger partial charge in [-0.25, -0.2) is 0 Å². The lowest BCUT2D eigenvalue weighted by atomic mass is 10.2. The molecule has 0 aliphatic heterocycles. The second-order valence-corrected chi connectivity index (χ2v) is 1.78. The Labute approximate surface area is 56.5 Å². The molecule has 0 saturated carbocycles. The zero-order chi connectivity index (χ0) is 7.11. The van der Waals surface area contributed by atoms with E-state index < -0.39 is 0 Å². The molecule has 0 rings (SSSR count). The van der Waals surface area contributed by atoms with E-state index >= 15 is 0 Å². The van der Waals surface area contributed by atoms with E-state index in [-0.39, 0.29) is 5.78 Å². The maximum absolute atomic E-state index is 10.6. The fraction of sp³-hybridized carbons (Fsp3) is 0.625. The van der Waals surface area contributed by atoms with Crippen molar-refractivity contribution >= 4 is 5.78 Å². The summed E-state index contributed by atoms with van der Waals surface area (Å²) in [5, 5.41) is 0. The summed E-state index contributed by atoms with van der Waals surface area (Å²) in [5.74, 6) is 5.86. The van der Waals surface area contributed by atoms with Crippen LogP contribution in [0.5, 0.6) is 0 Å². The number of carbonyl (C=O) groups is 1. The first-order chi connectivity index (χ1) is 4.31. The van der Waals surface area contributed by atoms with Gasteiger partial charge in [-0.3, -0.25) is 4.79 Å². The molecule has 1 nitrogen and oxygen atoms in total. The lowest BCUT2D eigenvalue weighted by Gasteiger charge is -1.83. The number of rotatable bonds is 2. The van der Waals surface area contributed by atoms with E-state index in [0.717, 1.165) is 6.42 Å². The normalized spacial score (nSPS) is 7.78. The maximum Gasteiger partial charge on any atom is 0.144 e. The summed E-state index contributed by atoms with van der Waals surface area (Å²) in [7, 11) is 0. The molecule has 0 spiro atoms. The van der Waals surface area contributed by atoms with Crippen LogP contribution in [-0.2, 0) is 4.79 Å². The predicted molar refractivity (Wildman–Crippen MR) is 38.0 cm³/mol. The monoisotopic (exact) mass is 124 g/mol. The van der Waals surface area contributed by atoms with E-state index in [0.29, 0.717) is 12.8 Å². The molecule has 0 aromatic carbocycles. The van der Waals surface area contributed by atoms with Crippen molar-refractivity contribution in [2.24, 2.45) is 0 Å². The third-order valence-corrected chi connectivity index (χ3v) is 0.982. The van der Waals surface area contributed by atoms with Crippen LogP contribution in [0.25, 0.3) is 0 Å². The van der Waals surface area contributed by atoms with Crippen molar-refractivity contribution in [2.45, 2.75) is 33.1 Å². The summed E-state index contributed by atoms with van der Waals surface area (Å²) < 4.78 is 0. The van der Waals surface area contributed by atoms with Crippen LogP contribution in [0.15, 0.2) is 0 Å². The summed E-state index contributed by atoms with van der Waals surface area (Å²) in [6.45, 7) is 3.83. The molecule has 9 heavy (non-hydrogen) atoms. The van der Waals surface area contributed by atoms with Crippen molar-refractivity contribution in [1.82, 2.24) is 0 Å². The lowest BCUT2D eigenvalue weighted by molar-refractivity contribution is -0.117. The summed E-state index contributed by atoms with van der Waals surface area (Å²) in [6, 6.07) is 0. The SMILES string of the molecule is CCC#CCC(=O)CC. The highest BCUT2D eigenvalue weighted by Crippen LogP contribution is 1.85. The van der Waals surface area contributed by atoms with Gasteiger partial charge in [0, 0.05) is 12.8 Å². The van der Waals surface area contributed by atoms with Crippen LogP contribution in [0, 0.1) is 11.8 Å². The first kappa shape index (κ1) is 8.23. The Kier molecular flexibility index (Phi) is 4.91. The van der Waals surface area contributed by atoms with Crippen molar-refractivity contribution < 1.29 is 4.79 Å². The minimum atomic E-state index is 0.232. The molecular weight excluding hydrogens is 112 g/mol. The van der Waals surface area contributed by atoms with Crippen LogP contribution in [0.2, 0.25) is 0 Å². The van der Waals surface area contributed by atoms with E-state index in [9.17, 15) is 4.79 Å². The van der Waals surface area contributed by atoms with Crippen molar-refractivity contribution in [3.8, 4) is 11.8 Å². The summed E-state index contributed by atoms with van der Waals surface area (Å²) in [6.07, 6.45) is 1.89. The van der Waals surface area contributed by atoms with Crippen LogP contribution in [0.4, 0.5) is 0 Å². The molecule has 1 heteroatoms. The minimum absolute atomic E-state index is 0.232. The van der Waals surface area contributed by atoms with Crippen LogP contribution < -0.4 is 0 Å². The van der Waals surface area contributed by atoms with Gasteiger partial charge in [0.1, 0.15) is 5.78 Å². The average Bonchev–Trinajstić information content (AvgIpc) is 1.89. The molecule has 0 aromatic heterocycles. The Morgan fingerprint density at radius 2 is 2.00 bits per heavy atom. The summed E-state index contributed by atoms with van der Waals surface area (Å²) in [5.41, 5.74) is 0. The van der Waals surface area contributed by atoms with Crippen LogP contribution in [-0.4, -0.2) is 5.78 Å². The van der Waals surface area contributed by atoms with E-state index in [1.807, 2.05) is 13.8 Å². The summed E-state index contributed by atoms with van der Waals surface area (Å²) >= 11 is 0. The highest BCUT2D eigenvalue weighted by atomic mass is 16.1. The van der Waals surface area contributed by atoms with Gasteiger partial charge in [0.2, 0.25) is 0 Å². The average molecular weight is 124 g/mol. The molecule has 0 heterocycles. The van der Waals surface area contributed by atoms with E-state index in [1.165, 1.54) is 0 Å². The van der Waals surface area contributed by atoms with Gasteiger partial charge in [0.15, 0.2) is 0 Å². The first-order valence-corrected chi connectivity index (χ1v) is 3.28. The molecule has 50 valence electrons. The Bertz CT molecular complexity index is 136. The number of Topliss-reactive ketones (excluding diaryl/α,β-unsaturated/α-hetero) is 1. The second-order valence-electron chi connectivity index (χ2n) is 1.78. The smallest absolute Gasteiger partial charge is 0.144 e. The molecule has 0 unspecified atom stereocenters. The molecule has 0 aromatic rings. The molecular formula is C8H12O. The van der Waals surface area contributed by atoms with Crippen molar-refractivity contribution in [1.29, 1.82) is 0 Å². The van der Waals surface area contributed by atoms with Gasteiger partial charge < -0.3 is 0 Å². The molecule has 0 amide bonds. The van der Waals surface area contributed by atoms with Crippen molar-refractivity contribution in [2.75, 3.05) is 0 Å². The lowest BCUT2D eigenvalue weighted by Crippen LogP contribution is -1.90. The van der Waals surface area contributed by atoms with Gasteiger partial charge in [-0.1, -0.05) is 19.8 Å². The van der Waals surface area contributed by atoms with Gasteiger partial charge in [-0.2, -0.15) is 0 Å². The Hall–Kier alpha value is -0.770. The third-order valence-electron chi connectivity index (χ3n) is 0.982. The van der Waals surface area contributed by atoms with Crippen molar-refractivity contribution in [3.63, 3.8) is 0 Å². The van der Waals surface area contributed by atoms with Crippen LogP contribution in [0.3, 0.4) is 0 Å². The zero-order valence-electron chi connectivity index (χ0n) is 6.03. The fourth-order valence-corrected chi connectivity index (χ4v) is 0.411. The topological polar surface area (TPSA) is 17.1 Å². The van der Waals surface area contributed by atoms with Gasteiger partial charge in [0.05, 0.1) is 6.42 Å². The van der Waals surface area contributed by atoms with Crippen LogP contribution >= 0.6 is 0 Å². The van der Waals surface area contributed by atoms with Crippen molar-refractivity contribution in [3.05, 3.63) is 0 Å². The van der Waals surface area contributed by atoms with E-state index in [1.54, 1.807) is 0 Å². The standard InChI is InChI=1S/C8H12O/c1-3-5-6-7-8(9)4-2/h3-4,7H2,1-2H3. The van der Waals surface area contributed by atoms with E-state index in [4.69, 9.17) is 0 Å². The highest BCUT2D eigenvalue weighted by Gasteiger charge is 1.90. The van der Waals surface area contributed by atoms with Gasteiger partial charge in [-0.15, -0.1) is 5.92 Å². The Balaban J connectivity index is 3.37. The molecule has 0 N–H and O–H groups in total. The van der Waals surface area contributed by atoms with Crippen LogP contribution in [0.1, 0.15) is 33.1 Å². The number of hydrogen-bond acceptors (Lipinski definition) is 1. The van der Waals surface area contributed by atoms with E-state index in [2.05, 4.69) is 11.8 Å². The number of ketones is 1. The number of carbonyl (C=O) groups excluding carboxylic acids is 1. The quantitative estimate of drug-likeness (QED) is 0.513. The molecule has 0 aliphatic rings. The molecule has 0 atom stereocenters. The minimum Gasteiger partial charge on any atom is -0.299 e. The van der Waals surface area contributed by atoms with Gasteiger partial charge in [-0.05, 0) is 0 Å². The molecule has 0 saturated heterocycles. The molecule has 0 aliphatic carbocycles. The fourth-order valence-electron chi connectivity index (χ4n) is 0.411. The maximum atomic E-state index is 10.6. The largest absolute Gasteiger partial charge is 0.299 e. The molecule has 0 radical (unpaired) electrons. The zero-order valence-corrected chi connectivity index (χ0v) is 6.03.